The van der Waals surface area contributed by atoms with Gasteiger partial charge in [-0.1, -0.05) is 41.9 Å². The van der Waals surface area contributed by atoms with E-state index in [-0.39, 0.29) is 11.1 Å². The number of ether oxygens (including phenoxy) is 1. The van der Waals surface area contributed by atoms with Gasteiger partial charge in [0.2, 0.25) is 0 Å². The van der Waals surface area contributed by atoms with E-state index in [9.17, 15) is 14.4 Å². The molecule has 132 valence electrons. The second-order valence-corrected chi connectivity index (χ2v) is 6.05. The van der Waals surface area contributed by atoms with Crippen LogP contribution in [0.2, 0.25) is 5.02 Å². The van der Waals surface area contributed by atoms with Gasteiger partial charge in [-0.3, -0.25) is 0 Å². The number of nitrogens with zero attached hydrogens (tertiary/aromatic N) is 1. The fourth-order valence-electron chi connectivity index (χ4n) is 2.40. The third kappa shape index (κ3) is 4.60. The molecule has 0 bridgehead atoms. The first-order valence-corrected chi connectivity index (χ1v) is 8.39. The van der Waals surface area contributed by atoms with E-state index in [1.165, 1.54) is 6.07 Å². The molecule has 5 heteroatoms. The Morgan fingerprint density at radius 3 is 2.30 bits per heavy atom. The van der Waals surface area contributed by atoms with E-state index in [0.717, 1.165) is 0 Å². The zero-order valence-corrected chi connectivity index (χ0v) is 14.8. The maximum atomic E-state index is 13.9. The van der Waals surface area contributed by atoms with Gasteiger partial charge in [0.15, 0.2) is 0 Å². The monoisotopic (exact) mass is 377 g/mol. The Hall–Kier alpha value is -3.42. The van der Waals surface area contributed by atoms with Crippen LogP contribution in [0, 0.1) is 17.1 Å². The van der Waals surface area contributed by atoms with Crippen molar-refractivity contribution in [3.63, 3.8) is 0 Å². The highest BCUT2D eigenvalue weighted by Crippen LogP contribution is 2.22. The fourth-order valence-corrected chi connectivity index (χ4v) is 2.53. The normalized spacial score (nSPS) is 10.9. The number of carbonyl (C=O) groups is 1. The molecule has 3 aromatic rings. The van der Waals surface area contributed by atoms with Crippen molar-refractivity contribution < 1.29 is 13.9 Å². The summed E-state index contributed by atoms with van der Waals surface area (Å²) < 4.78 is 19.2. The summed E-state index contributed by atoms with van der Waals surface area (Å²) in [5.74, 6) is -0.602. The molecule has 0 aliphatic heterocycles. The second kappa shape index (κ2) is 8.31. The highest BCUT2D eigenvalue weighted by molar-refractivity contribution is 6.30. The summed E-state index contributed by atoms with van der Waals surface area (Å²) in [5, 5.41) is 9.85. The Balaban J connectivity index is 1.77. The summed E-state index contributed by atoms with van der Waals surface area (Å²) in [6, 6.07) is 21.1. The highest BCUT2D eigenvalue weighted by Gasteiger charge is 2.09. The first kappa shape index (κ1) is 18.4. The van der Waals surface area contributed by atoms with Gasteiger partial charge in [-0.05, 0) is 54.1 Å². The maximum absolute atomic E-state index is 13.9. The summed E-state index contributed by atoms with van der Waals surface area (Å²) in [4.78, 5) is 12.1. The van der Waals surface area contributed by atoms with E-state index in [1.807, 2.05) is 6.07 Å². The molecule has 3 rings (SSSR count). The third-order valence-corrected chi connectivity index (χ3v) is 4.02. The molecule has 0 heterocycles. The molecule has 0 N–H and O–H groups in total. The predicted molar refractivity (Wildman–Crippen MR) is 103 cm³/mol. The number of nitriles is 1. The number of allylic oxidation sites excluding steroid dienone is 1. The van der Waals surface area contributed by atoms with Crippen molar-refractivity contribution in [1.29, 1.82) is 5.26 Å². The predicted octanol–water partition coefficient (Wildman–Crippen LogP) is 5.76. The molecule has 3 nitrogen and oxygen atoms in total. The van der Waals surface area contributed by atoms with E-state index < -0.39 is 11.8 Å². The molecule has 27 heavy (non-hydrogen) atoms. The number of esters is 1. The van der Waals surface area contributed by atoms with Gasteiger partial charge in [0.1, 0.15) is 11.6 Å². The van der Waals surface area contributed by atoms with Gasteiger partial charge in [-0.2, -0.15) is 5.26 Å². The maximum Gasteiger partial charge on any atom is 0.343 e. The Bertz CT molecular complexity index is 1040. The van der Waals surface area contributed by atoms with E-state index in [1.54, 1.807) is 72.8 Å². The quantitative estimate of drug-likeness (QED) is 0.251. The third-order valence-electron chi connectivity index (χ3n) is 3.77. The van der Waals surface area contributed by atoms with Crippen LogP contribution in [0.25, 0.3) is 11.6 Å². The molecule has 0 aliphatic rings. The van der Waals surface area contributed by atoms with Crippen LogP contribution in [0.3, 0.4) is 0 Å². The summed E-state index contributed by atoms with van der Waals surface area (Å²) in [6.07, 6.45) is 1.57. The Labute approximate surface area is 160 Å². The average Bonchev–Trinajstić information content (AvgIpc) is 2.68. The van der Waals surface area contributed by atoms with Gasteiger partial charge in [-0.15, -0.1) is 0 Å². The summed E-state index contributed by atoms with van der Waals surface area (Å²) >= 11 is 5.80. The van der Waals surface area contributed by atoms with Crippen LogP contribution >= 0.6 is 11.6 Å². The zero-order valence-electron chi connectivity index (χ0n) is 14.0. The van der Waals surface area contributed by atoms with Crippen molar-refractivity contribution in [2.45, 2.75) is 0 Å². The summed E-state index contributed by atoms with van der Waals surface area (Å²) in [7, 11) is 0. The number of halogens is 2. The average molecular weight is 378 g/mol. The van der Waals surface area contributed by atoms with Crippen LogP contribution in [0.4, 0.5) is 4.39 Å². The standard InChI is InChI=1S/C22H13ClFNO2/c23-18-9-7-16(8-10-18)22(26)27-19-11-5-15(6-12-19)13-17(14-25)20-3-1-2-4-21(20)24/h1-13H/b17-13-. The van der Waals surface area contributed by atoms with Crippen LogP contribution in [0.5, 0.6) is 5.75 Å². The number of benzene rings is 3. The Morgan fingerprint density at radius 1 is 1.00 bits per heavy atom. The van der Waals surface area contributed by atoms with Gasteiger partial charge in [0.05, 0.1) is 17.2 Å². The van der Waals surface area contributed by atoms with Crippen LogP contribution < -0.4 is 4.74 Å². The number of hydrogen-bond donors (Lipinski definition) is 0. The molecular weight excluding hydrogens is 365 g/mol. The smallest absolute Gasteiger partial charge is 0.343 e. The zero-order chi connectivity index (χ0) is 19.2. The largest absolute Gasteiger partial charge is 0.423 e. The number of carbonyl (C=O) groups excluding carboxylic acids is 1. The molecule has 0 aromatic heterocycles. The van der Waals surface area contributed by atoms with E-state index in [0.29, 0.717) is 21.9 Å². The van der Waals surface area contributed by atoms with Gasteiger partial charge < -0.3 is 4.74 Å². The molecule has 0 saturated heterocycles. The van der Waals surface area contributed by atoms with Crippen LogP contribution in [0.15, 0.2) is 72.8 Å². The fraction of sp³-hybridized carbons (Fsp3) is 0. The van der Waals surface area contributed by atoms with Gasteiger partial charge in [0.25, 0.3) is 0 Å². The summed E-state index contributed by atoms with van der Waals surface area (Å²) in [6.45, 7) is 0. The molecule has 0 fully saturated rings. The lowest BCUT2D eigenvalue weighted by atomic mass is 10.0. The van der Waals surface area contributed by atoms with E-state index >= 15 is 0 Å². The van der Waals surface area contributed by atoms with Crippen LogP contribution in [-0.4, -0.2) is 5.97 Å². The highest BCUT2D eigenvalue weighted by atomic mass is 35.5. The molecule has 0 aliphatic carbocycles. The Morgan fingerprint density at radius 2 is 1.67 bits per heavy atom. The number of rotatable bonds is 4. The minimum atomic E-state index is -0.501. The van der Waals surface area contributed by atoms with Crippen molar-refractivity contribution in [3.05, 3.63) is 100 Å². The van der Waals surface area contributed by atoms with Crippen LogP contribution in [-0.2, 0) is 0 Å². The molecule has 0 radical (unpaired) electrons. The van der Waals surface area contributed by atoms with E-state index in [4.69, 9.17) is 16.3 Å². The molecule has 0 saturated carbocycles. The Kier molecular flexibility index (Phi) is 5.65. The molecule has 0 unspecified atom stereocenters. The molecular formula is C22H13ClFNO2. The van der Waals surface area contributed by atoms with Crippen LogP contribution in [0.1, 0.15) is 21.5 Å². The minimum absolute atomic E-state index is 0.207. The molecule has 3 aromatic carbocycles. The number of hydrogen-bond acceptors (Lipinski definition) is 3. The summed E-state index contributed by atoms with van der Waals surface area (Å²) in [5.41, 5.74) is 1.51. The second-order valence-electron chi connectivity index (χ2n) is 5.62. The SMILES string of the molecule is N#C/C(=C/c1ccc(OC(=O)c2ccc(Cl)cc2)cc1)c1ccccc1F. The lowest BCUT2D eigenvalue weighted by molar-refractivity contribution is 0.0735. The van der Waals surface area contributed by atoms with Gasteiger partial charge in [-0.25, -0.2) is 9.18 Å². The first-order valence-electron chi connectivity index (χ1n) is 8.01. The van der Waals surface area contributed by atoms with Crippen molar-refractivity contribution in [2.24, 2.45) is 0 Å². The van der Waals surface area contributed by atoms with Crippen molar-refractivity contribution in [2.75, 3.05) is 0 Å². The molecule has 0 spiro atoms. The van der Waals surface area contributed by atoms with Crippen molar-refractivity contribution in [1.82, 2.24) is 0 Å². The van der Waals surface area contributed by atoms with Crippen molar-refractivity contribution >= 4 is 29.2 Å². The van der Waals surface area contributed by atoms with Gasteiger partial charge >= 0.3 is 5.97 Å². The molecule has 0 amide bonds. The lowest BCUT2D eigenvalue weighted by Gasteiger charge is -2.05. The lowest BCUT2D eigenvalue weighted by Crippen LogP contribution is -2.08. The minimum Gasteiger partial charge on any atom is -0.423 e. The first-order chi connectivity index (χ1) is 13.1. The van der Waals surface area contributed by atoms with E-state index in [2.05, 4.69) is 0 Å². The topological polar surface area (TPSA) is 50.1 Å². The molecule has 0 atom stereocenters. The van der Waals surface area contributed by atoms with Crippen molar-refractivity contribution in [3.8, 4) is 11.8 Å². The van der Waals surface area contributed by atoms with Gasteiger partial charge in [0, 0.05) is 10.6 Å².